The molecule has 0 bridgehead atoms. The van der Waals surface area contributed by atoms with Gasteiger partial charge in [0.25, 0.3) is 0 Å². The molecule has 0 fully saturated rings. The Balaban J connectivity index is 1.45. The predicted molar refractivity (Wildman–Crippen MR) is 117 cm³/mol. The maximum Gasteiger partial charge on any atom is 0.343 e. The van der Waals surface area contributed by atoms with Crippen LogP contribution in [0.15, 0.2) is 84.0 Å². The lowest BCUT2D eigenvalue weighted by molar-refractivity contribution is 0.0735. The van der Waals surface area contributed by atoms with Crippen molar-refractivity contribution in [2.45, 2.75) is 6.42 Å². The highest BCUT2D eigenvalue weighted by Crippen LogP contribution is 2.14. The van der Waals surface area contributed by atoms with Gasteiger partial charge in [-0.2, -0.15) is 14.9 Å². The predicted octanol–water partition coefficient (Wildman–Crippen LogP) is 4.77. The van der Waals surface area contributed by atoms with Gasteiger partial charge in [0.15, 0.2) is 5.82 Å². The van der Waals surface area contributed by atoms with E-state index in [1.807, 2.05) is 6.07 Å². The molecule has 4 aromatic rings. The number of benzene rings is 3. The average molecular weight is 432 g/mol. The Morgan fingerprint density at radius 2 is 1.77 bits per heavy atom. The number of rotatable bonds is 6. The van der Waals surface area contributed by atoms with Gasteiger partial charge in [-0.05, 0) is 71.9 Å². The quantitative estimate of drug-likeness (QED) is 0.206. The number of hydrogen-bond donors (Lipinski definition) is 1. The minimum absolute atomic E-state index is 0.293. The lowest BCUT2D eigenvalue weighted by atomic mass is 10.1. The summed E-state index contributed by atoms with van der Waals surface area (Å²) in [6, 6.07) is 21.9. The first-order valence-electron chi connectivity index (χ1n) is 9.41. The molecule has 0 saturated carbocycles. The number of hydrogen-bond acceptors (Lipinski definition) is 5. The highest BCUT2D eigenvalue weighted by Gasteiger charge is 2.08. The number of carbonyl (C=O) groups excluding carboxylic acids is 1. The van der Waals surface area contributed by atoms with Gasteiger partial charge in [-0.15, -0.1) is 0 Å². The number of aromatic nitrogens is 3. The van der Waals surface area contributed by atoms with Gasteiger partial charge in [0.2, 0.25) is 4.77 Å². The van der Waals surface area contributed by atoms with E-state index in [1.165, 1.54) is 16.8 Å². The standard InChI is InChI=1S/C23H17FN4O2S/c24-19-10-6-16(7-11-19)14-21-26-27-23(31)28(21)25-15-17-8-12-20(13-9-17)30-22(29)18-4-2-1-3-5-18/h1-13,15H,14H2,(H,27,31)/b25-15-. The normalized spacial score (nSPS) is 11.0. The molecule has 1 heterocycles. The Bertz CT molecular complexity index is 1260. The number of H-pyrrole nitrogens is 1. The number of ether oxygens (including phenoxy) is 1. The van der Waals surface area contributed by atoms with E-state index in [9.17, 15) is 9.18 Å². The Hall–Kier alpha value is -3.91. The van der Waals surface area contributed by atoms with Gasteiger partial charge in [0, 0.05) is 6.42 Å². The number of carbonyl (C=O) groups is 1. The average Bonchev–Trinajstić information content (AvgIpc) is 3.14. The summed E-state index contributed by atoms with van der Waals surface area (Å²) in [6.07, 6.45) is 2.07. The minimum Gasteiger partial charge on any atom is -0.423 e. The SMILES string of the molecule is O=C(Oc1ccc(/C=N\n2c(Cc3ccc(F)cc3)n[nH]c2=S)cc1)c1ccccc1. The molecule has 0 aliphatic rings. The van der Waals surface area contributed by atoms with Crippen molar-refractivity contribution < 1.29 is 13.9 Å². The van der Waals surface area contributed by atoms with Crippen LogP contribution in [0.5, 0.6) is 5.75 Å². The molecule has 0 spiro atoms. The summed E-state index contributed by atoms with van der Waals surface area (Å²) in [5, 5.41) is 11.3. The van der Waals surface area contributed by atoms with Gasteiger partial charge in [-0.1, -0.05) is 30.3 Å². The molecule has 1 aromatic heterocycles. The molecule has 0 saturated heterocycles. The molecule has 31 heavy (non-hydrogen) atoms. The highest BCUT2D eigenvalue weighted by atomic mass is 32.1. The van der Waals surface area contributed by atoms with E-state index >= 15 is 0 Å². The number of aromatic amines is 1. The van der Waals surface area contributed by atoms with Crippen molar-refractivity contribution in [3.05, 3.63) is 112 Å². The van der Waals surface area contributed by atoms with Crippen molar-refractivity contribution in [3.8, 4) is 5.75 Å². The summed E-state index contributed by atoms with van der Waals surface area (Å²) < 4.78 is 20.3. The van der Waals surface area contributed by atoms with Crippen LogP contribution in [0.3, 0.4) is 0 Å². The van der Waals surface area contributed by atoms with E-state index in [2.05, 4.69) is 15.3 Å². The van der Waals surface area contributed by atoms with E-state index < -0.39 is 5.97 Å². The van der Waals surface area contributed by atoms with Gasteiger partial charge in [0.1, 0.15) is 11.6 Å². The third kappa shape index (κ3) is 5.18. The van der Waals surface area contributed by atoms with Gasteiger partial charge < -0.3 is 4.74 Å². The van der Waals surface area contributed by atoms with Crippen LogP contribution in [0, 0.1) is 10.6 Å². The number of nitrogens with zero attached hydrogens (tertiary/aromatic N) is 3. The molecular weight excluding hydrogens is 415 g/mol. The number of esters is 1. The molecule has 0 aliphatic heterocycles. The molecule has 4 rings (SSSR count). The molecule has 8 heteroatoms. The van der Waals surface area contributed by atoms with Crippen molar-refractivity contribution in [3.63, 3.8) is 0 Å². The number of nitrogens with one attached hydrogen (secondary N) is 1. The fourth-order valence-corrected chi connectivity index (χ4v) is 3.03. The van der Waals surface area contributed by atoms with Crippen LogP contribution in [-0.2, 0) is 6.42 Å². The van der Waals surface area contributed by atoms with Crippen molar-refractivity contribution in [1.82, 2.24) is 14.9 Å². The third-order valence-corrected chi connectivity index (χ3v) is 4.68. The van der Waals surface area contributed by atoms with Gasteiger partial charge in [-0.25, -0.2) is 9.18 Å². The van der Waals surface area contributed by atoms with Crippen molar-refractivity contribution in [2.75, 3.05) is 0 Å². The largest absolute Gasteiger partial charge is 0.423 e. The smallest absolute Gasteiger partial charge is 0.343 e. The number of halogens is 1. The first kappa shape index (κ1) is 20.4. The van der Waals surface area contributed by atoms with Crippen molar-refractivity contribution >= 4 is 24.4 Å². The molecule has 154 valence electrons. The van der Waals surface area contributed by atoms with Crippen LogP contribution in [0.25, 0.3) is 0 Å². The Labute approximate surface area is 182 Å². The van der Waals surface area contributed by atoms with Crippen LogP contribution in [-0.4, -0.2) is 27.1 Å². The molecule has 0 radical (unpaired) electrons. The van der Waals surface area contributed by atoms with E-state index in [0.29, 0.717) is 28.3 Å². The van der Waals surface area contributed by atoms with Gasteiger partial charge in [0.05, 0.1) is 11.8 Å². The summed E-state index contributed by atoms with van der Waals surface area (Å²) in [6.45, 7) is 0. The second kappa shape index (κ2) is 9.27. The van der Waals surface area contributed by atoms with E-state index in [4.69, 9.17) is 17.0 Å². The monoisotopic (exact) mass is 432 g/mol. The fourth-order valence-electron chi connectivity index (χ4n) is 2.83. The molecule has 3 aromatic carbocycles. The molecule has 6 nitrogen and oxygen atoms in total. The second-order valence-corrected chi connectivity index (χ2v) is 7.02. The van der Waals surface area contributed by atoms with Crippen LogP contribution in [0.4, 0.5) is 4.39 Å². The highest BCUT2D eigenvalue weighted by molar-refractivity contribution is 7.71. The van der Waals surface area contributed by atoms with Crippen molar-refractivity contribution in [2.24, 2.45) is 5.10 Å². The van der Waals surface area contributed by atoms with Crippen molar-refractivity contribution in [1.29, 1.82) is 0 Å². The molecule has 0 amide bonds. The van der Waals surface area contributed by atoms with Crippen LogP contribution >= 0.6 is 12.2 Å². The van der Waals surface area contributed by atoms with Crippen LogP contribution in [0.2, 0.25) is 0 Å². The maximum absolute atomic E-state index is 13.1. The fraction of sp³-hybridized carbons (Fsp3) is 0.0435. The van der Waals surface area contributed by atoms with E-state index in [0.717, 1.165) is 11.1 Å². The van der Waals surface area contributed by atoms with Crippen LogP contribution in [0.1, 0.15) is 27.3 Å². The van der Waals surface area contributed by atoms with E-state index in [-0.39, 0.29) is 5.82 Å². The first-order chi connectivity index (χ1) is 15.1. The zero-order valence-corrected chi connectivity index (χ0v) is 17.1. The first-order valence-corrected chi connectivity index (χ1v) is 9.82. The summed E-state index contributed by atoms with van der Waals surface area (Å²) >= 11 is 5.25. The lowest BCUT2D eigenvalue weighted by Crippen LogP contribution is -2.08. The maximum atomic E-state index is 13.1. The summed E-state index contributed by atoms with van der Waals surface area (Å²) in [4.78, 5) is 12.1. The molecule has 0 unspecified atom stereocenters. The van der Waals surface area contributed by atoms with Gasteiger partial charge in [-0.3, -0.25) is 5.10 Å². The lowest BCUT2D eigenvalue weighted by Gasteiger charge is -2.04. The molecular formula is C23H17FN4O2S. The summed E-state index contributed by atoms with van der Waals surface area (Å²) in [7, 11) is 0. The Morgan fingerprint density at radius 1 is 1.06 bits per heavy atom. The summed E-state index contributed by atoms with van der Waals surface area (Å²) in [5.41, 5.74) is 2.16. The van der Waals surface area contributed by atoms with Crippen LogP contribution < -0.4 is 4.74 Å². The summed E-state index contributed by atoms with van der Waals surface area (Å²) in [5.74, 6) is 0.319. The second-order valence-electron chi connectivity index (χ2n) is 6.63. The topological polar surface area (TPSA) is 72.3 Å². The minimum atomic E-state index is -0.419. The molecule has 1 N–H and O–H groups in total. The zero-order valence-electron chi connectivity index (χ0n) is 16.2. The zero-order chi connectivity index (χ0) is 21.6. The van der Waals surface area contributed by atoms with E-state index in [1.54, 1.807) is 66.9 Å². The molecule has 0 aliphatic carbocycles. The third-order valence-electron chi connectivity index (χ3n) is 4.42. The van der Waals surface area contributed by atoms with Gasteiger partial charge >= 0.3 is 5.97 Å². The Kier molecular flexibility index (Phi) is 6.09. The Morgan fingerprint density at radius 3 is 2.48 bits per heavy atom. The molecule has 0 atom stereocenters.